The normalized spacial score (nSPS) is 10.5. The van der Waals surface area contributed by atoms with Gasteiger partial charge in [0, 0.05) is 6.07 Å². The van der Waals surface area contributed by atoms with Crippen LogP contribution >= 0.6 is 11.6 Å². The average Bonchev–Trinajstić information content (AvgIpc) is 2.82. The Morgan fingerprint density at radius 2 is 2.10 bits per heavy atom. The predicted molar refractivity (Wildman–Crippen MR) is 81.8 cm³/mol. The molecule has 6 heteroatoms. The number of ether oxygens (including phenoxy) is 1. The Morgan fingerprint density at radius 1 is 1.29 bits per heavy atom. The standard InChI is InChI=1S/C15H11ClN4O/c1-21-10-3-5-12-14(7-10)20(15(18)19-12)13-6-9(8-17)2-4-11(13)16/h2-7H,1H3,(H2,18,19). The Labute approximate surface area is 126 Å². The average molecular weight is 299 g/mol. The maximum absolute atomic E-state index is 9.05. The SMILES string of the molecule is COc1ccc2nc(N)n(-c3cc(C#N)ccc3Cl)c2c1. The maximum atomic E-state index is 9.05. The summed E-state index contributed by atoms with van der Waals surface area (Å²) in [7, 11) is 1.59. The number of methoxy groups -OCH3 is 1. The molecule has 0 aliphatic rings. The number of nitrogens with two attached hydrogens (primary N) is 1. The van der Waals surface area contributed by atoms with Gasteiger partial charge in [0.1, 0.15) is 5.75 Å². The summed E-state index contributed by atoms with van der Waals surface area (Å²) in [5.41, 5.74) is 8.62. The van der Waals surface area contributed by atoms with Crippen molar-refractivity contribution in [1.82, 2.24) is 9.55 Å². The van der Waals surface area contributed by atoms with Crippen LogP contribution in [0.15, 0.2) is 36.4 Å². The summed E-state index contributed by atoms with van der Waals surface area (Å²) < 4.78 is 6.94. The van der Waals surface area contributed by atoms with Gasteiger partial charge < -0.3 is 10.5 Å². The first-order valence-electron chi connectivity index (χ1n) is 6.16. The van der Waals surface area contributed by atoms with Gasteiger partial charge in [-0.15, -0.1) is 0 Å². The van der Waals surface area contributed by atoms with Crippen LogP contribution in [0.5, 0.6) is 5.75 Å². The van der Waals surface area contributed by atoms with E-state index in [1.165, 1.54) is 0 Å². The van der Waals surface area contributed by atoms with E-state index in [1.54, 1.807) is 29.9 Å². The van der Waals surface area contributed by atoms with Gasteiger partial charge in [-0.2, -0.15) is 5.26 Å². The number of anilines is 1. The second-order valence-corrected chi connectivity index (χ2v) is 4.85. The highest BCUT2D eigenvalue weighted by Gasteiger charge is 2.14. The number of benzene rings is 2. The fraction of sp³-hybridized carbons (Fsp3) is 0.0667. The third-order valence-electron chi connectivity index (χ3n) is 3.20. The molecule has 0 aliphatic carbocycles. The van der Waals surface area contributed by atoms with Crippen LogP contribution < -0.4 is 10.5 Å². The van der Waals surface area contributed by atoms with Crippen LogP contribution in [0.25, 0.3) is 16.7 Å². The summed E-state index contributed by atoms with van der Waals surface area (Å²) in [6.45, 7) is 0. The summed E-state index contributed by atoms with van der Waals surface area (Å²) in [5.74, 6) is 0.992. The second-order valence-electron chi connectivity index (χ2n) is 4.44. The number of nitrogen functional groups attached to an aromatic ring is 1. The zero-order valence-corrected chi connectivity index (χ0v) is 11.9. The van der Waals surface area contributed by atoms with Crippen LogP contribution in [0.4, 0.5) is 5.95 Å². The van der Waals surface area contributed by atoms with Crippen molar-refractivity contribution in [3.8, 4) is 17.5 Å². The number of aromatic nitrogens is 2. The second kappa shape index (κ2) is 5.00. The third kappa shape index (κ3) is 2.16. The van der Waals surface area contributed by atoms with Gasteiger partial charge in [0.25, 0.3) is 0 Å². The minimum absolute atomic E-state index is 0.301. The van der Waals surface area contributed by atoms with Crippen LogP contribution in [0.1, 0.15) is 5.56 Å². The van der Waals surface area contributed by atoms with Crippen molar-refractivity contribution in [2.24, 2.45) is 0 Å². The summed E-state index contributed by atoms with van der Waals surface area (Å²) in [6.07, 6.45) is 0. The van der Waals surface area contributed by atoms with Crippen LogP contribution in [-0.4, -0.2) is 16.7 Å². The molecule has 104 valence electrons. The van der Waals surface area contributed by atoms with Gasteiger partial charge >= 0.3 is 0 Å². The lowest BCUT2D eigenvalue weighted by atomic mass is 10.2. The van der Waals surface area contributed by atoms with E-state index in [-0.39, 0.29) is 0 Å². The molecule has 0 saturated carbocycles. The van der Waals surface area contributed by atoms with E-state index in [2.05, 4.69) is 11.1 Å². The molecule has 3 aromatic rings. The van der Waals surface area contributed by atoms with Crippen molar-refractivity contribution in [2.75, 3.05) is 12.8 Å². The fourth-order valence-corrected chi connectivity index (χ4v) is 2.41. The van der Waals surface area contributed by atoms with Gasteiger partial charge in [0.15, 0.2) is 0 Å². The van der Waals surface area contributed by atoms with Gasteiger partial charge in [-0.1, -0.05) is 11.6 Å². The molecule has 0 amide bonds. The highest BCUT2D eigenvalue weighted by molar-refractivity contribution is 6.32. The Balaban J connectivity index is 2.34. The Morgan fingerprint density at radius 3 is 2.81 bits per heavy atom. The molecular formula is C15H11ClN4O. The van der Waals surface area contributed by atoms with Gasteiger partial charge in [0.05, 0.1) is 40.5 Å². The van der Waals surface area contributed by atoms with Crippen LogP contribution in [0.3, 0.4) is 0 Å². The van der Waals surface area contributed by atoms with E-state index >= 15 is 0 Å². The van der Waals surface area contributed by atoms with E-state index in [4.69, 9.17) is 27.3 Å². The number of fused-ring (bicyclic) bond motifs is 1. The quantitative estimate of drug-likeness (QED) is 0.788. The number of nitriles is 1. The van der Waals surface area contributed by atoms with Crippen molar-refractivity contribution in [3.05, 3.63) is 47.0 Å². The highest BCUT2D eigenvalue weighted by atomic mass is 35.5. The number of rotatable bonds is 2. The van der Waals surface area contributed by atoms with Gasteiger partial charge in [0.2, 0.25) is 5.95 Å². The van der Waals surface area contributed by atoms with Crippen LogP contribution in [-0.2, 0) is 0 Å². The summed E-state index contributed by atoms with van der Waals surface area (Å²) >= 11 is 6.25. The number of imidazole rings is 1. The summed E-state index contributed by atoms with van der Waals surface area (Å²) in [5, 5.41) is 9.53. The van der Waals surface area contributed by atoms with Crippen molar-refractivity contribution < 1.29 is 4.74 Å². The predicted octanol–water partition coefficient (Wildman–Crippen LogP) is 3.14. The molecule has 0 fully saturated rings. The molecule has 2 aromatic carbocycles. The first-order valence-corrected chi connectivity index (χ1v) is 6.54. The number of hydrogen-bond acceptors (Lipinski definition) is 4. The van der Waals surface area contributed by atoms with Crippen molar-refractivity contribution in [1.29, 1.82) is 5.26 Å². The molecule has 5 nitrogen and oxygen atoms in total. The Bertz CT molecular complexity index is 879. The number of nitrogens with zero attached hydrogens (tertiary/aromatic N) is 3. The molecule has 0 radical (unpaired) electrons. The Hall–Kier alpha value is -2.71. The Kier molecular flexibility index (Phi) is 3.16. The molecule has 0 aliphatic heterocycles. The lowest BCUT2D eigenvalue weighted by molar-refractivity contribution is 0.415. The molecule has 2 N–H and O–H groups in total. The van der Waals surface area contributed by atoms with Crippen molar-refractivity contribution in [2.45, 2.75) is 0 Å². The van der Waals surface area contributed by atoms with Crippen molar-refractivity contribution >= 4 is 28.6 Å². The lowest BCUT2D eigenvalue weighted by Crippen LogP contribution is -2.02. The highest BCUT2D eigenvalue weighted by Crippen LogP contribution is 2.30. The molecule has 0 atom stereocenters. The molecule has 3 rings (SSSR count). The first-order chi connectivity index (χ1) is 10.1. The maximum Gasteiger partial charge on any atom is 0.205 e. The van der Waals surface area contributed by atoms with E-state index in [0.29, 0.717) is 28.0 Å². The lowest BCUT2D eigenvalue weighted by Gasteiger charge is -2.09. The summed E-state index contributed by atoms with van der Waals surface area (Å²) in [6, 6.07) is 12.6. The molecule has 0 spiro atoms. The molecule has 1 aromatic heterocycles. The smallest absolute Gasteiger partial charge is 0.205 e. The number of hydrogen-bond donors (Lipinski definition) is 1. The van der Waals surface area contributed by atoms with E-state index in [9.17, 15) is 0 Å². The molecule has 0 bridgehead atoms. The van der Waals surface area contributed by atoms with E-state index in [1.807, 2.05) is 18.2 Å². The zero-order valence-electron chi connectivity index (χ0n) is 11.2. The summed E-state index contributed by atoms with van der Waals surface area (Å²) in [4.78, 5) is 4.31. The number of halogens is 1. The molecule has 0 saturated heterocycles. The van der Waals surface area contributed by atoms with Crippen molar-refractivity contribution in [3.63, 3.8) is 0 Å². The van der Waals surface area contributed by atoms with Gasteiger partial charge in [-0.05, 0) is 30.3 Å². The minimum Gasteiger partial charge on any atom is -0.497 e. The fourth-order valence-electron chi connectivity index (χ4n) is 2.21. The third-order valence-corrected chi connectivity index (χ3v) is 3.52. The van der Waals surface area contributed by atoms with Gasteiger partial charge in [-0.3, -0.25) is 4.57 Å². The molecular weight excluding hydrogens is 288 g/mol. The topological polar surface area (TPSA) is 76.9 Å². The van der Waals surface area contributed by atoms with Crippen LogP contribution in [0, 0.1) is 11.3 Å². The van der Waals surface area contributed by atoms with E-state index in [0.717, 1.165) is 11.0 Å². The largest absolute Gasteiger partial charge is 0.497 e. The monoisotopic (exact) mass is 298 g/mol. The zero-order chi connectivity index (χ0) is 15.0. The van der Waals surface area contributed by atoms with E-state index < -0.39 is 0 Å². The first kappa shape index (κ1) is 13.3. The molecule has 0 unspecified atom stereocenters. The minimum atomic E-state index is 0.301. The van der Waals surface area contributed by atoms with Gasteiger partial charge in [-0.25, -0.2) is 4.98 Å². The molecule has 21 heavy (non-hydrogen) atoms. The molecule has 1 heterocycles. The van der Waals surface area contributed by atoms with Crippen LogP contribution in [0.2, 0.25) is 5.02 Å².